The quantitative estimate of drug-likeness (QED) is 0.409. The Morgan fingerprint density at radius 3 is 2.76 bits per heavy atom. The molecule has 1 aromatic carbocycles. The van der Waals surface area contributed by atoms with Crippen LogP contribution in [0.2, 0.25) is 0 Å². The van der Waals surface area contributed by atoms with Crippen molar-refractivity contribution < 1.29 is 19.4 Å². The number of carboxylic acids is 1. The molecule has 9 heteroatoms. The largest absolute Gasteiger partial charge is 0.481 e. The van der Waals surface area contributed by atoms with E-state index in [1.54, 1.807) is 31.2 Å². The number of benzene rings is 1. The molecule has 0 spiro atoms. The van der Waals surface area contributed by atoms with Gasteiger partial charge in [0.15, 0.2) is 6.61 Å². The van der Waals surface area contributed by atoms with E-state index >= 15 is 0 Å². The highest BCUT2D eigenvalue weighted by atomic mass is 16.5. The Balaban J connectivity index is 1.89. The molecule has 132 valence electrons. The van der Waals surface area contributed by atoms with Gasteiger partial charge in [-0.2, -0.15) is 5.10 Å². The highest BCUT2D eigenvalue weighted by Gasteiger charge is 2.09. The van der Waals surface area contributed by atoms with E-state index in [4.69, 9.17) is 9.84 Å². The Labute approximate surface area is 142 Å². The zero-order valence-electron chi connectivity index (χ0n) is 13.5. The van der Waals surface area contributed by atoms with Crippen molar-refractivity contribution in [2.24, 2.45) is 5.10 Å². The first kappa shape index (κ1) is 18.0. The summed E-state index contributed by atoms with van der Waals surface area (Å²) in [4.78, 5) is 33.9. The second kappa shape index (κ2) is 8.48. The van der Waals surface area contributed by atoms with E-state index in [-0.39, 0.29) is 17.9 Å². The van der Waals surface area contributed by atoms with Gasteiger partial charge < -0.3 is 14.9 Å². The maximum atomic E-state index is 11.8. The van der Waals surface area contributed by atoms with Crippen LogP contribution in [-0.2, 0) is 16.0 Å². The molecule has 0 bridgehead atoms. The maximum Gasteiger partial charge on any atom is 0.341 e. The van der Waals surface area contributed by atoms with Crippen molar-refractivity contribution in [3.63, 3.8) is 0 Å². The molecule has 0 fully saturated rings. The number of carbonyl (C=O) groups is 2. The number of hydrogen-bond acceptors (Lipinski definition) is 5. The molecule has 1 aromatic heterocycles. The van der Waals surface area contributed by atoms with Crippen LogP contribution < -0.4 is 15.7 Å². The maximum absolute atomic E-state index is 11.8. The van der Waals surface area contributed by atoms with Crippen molar-refractivity contribution >= 4 is 18.1 Å². The summed E-state index contributed by atoms with van der Waals surface area (Å²) in [6.07, 6.45) is 1.77. The zero-order chi connectivity index (χ0) is 18.2. The van der Waals surface area contributed by atoms with Gasteiger partial charge in [-0.25, -0.2) is 10.2 Å². The second-order valence-electron chi connectivity index (χ2n) is 5.20. The molecule has 0 radical (unpaired) electrons. The van der Waals surface area contributed by atoms with E-state index in [1.165, 1.54) is 6.21 Å². The SMILES string of the molecule is Cc1[nH][nH]c(=O)c1CCC(=O)NN=Cc1ccccc1OCC(=O)O. The van der Waals surface area contributed by atoms with Crippen LogP contribution in [0.15, 0.2) is 34.2 Å². The molecule has 0 atom stereocenters. The van der Waals surface area contributed by atoms with Gasteiger partial charge >= 0.3 is 5.97 Å². The standard InChI is InChI=1S/C16H18N4O5/c1-10-12(16(24)20-18-10)6-7-14(21)19-17-8-11-4-2-3-5-13(11)25-9-15(22)23/h2-5,8H,6-7,9H2,1H3,(H,19,21)(H,22,23)(H2,18,20,24). The Hall–Kier alpha value is -3.36. The lowest BCUT2D eigenvalue weighted by Gasteiger charge is -2.06. The molecule has 0 saturated carbocycles. The van der Waals surface area contributed by atoms with Crippen LogP contribution in [0.25, 0.3) is 0 Å². The van der Waals surface area contributed by atoms with Crippen molar-refractivity contribution in [3.8, 4) is 5.75 Å². The smallest absolute Gasteiger partial charge is 0.341 e. The summed E-state index contributed by atoms with van der Waals surface area (Å²) in [6, 6.07) is 6.71. The van der Waals surface area contributed by atoms with Gasteiger partial charge in [0.1, 0.15) is 5.75 Å². The van der Waals surface area contributed by atoms with Crippen LogP contribution in [0.5, 0.6) is 5.75 Å². The number of ether oxygens (including phenoxy) is 1. The van der Waals surface area contributed by atoms with Crippen LogP contribution in [0.1, 0.15) is 23.2 Å². The first-order chi connectivity index (χ1) is 12.0. The summed E-state index contributed by atoms with van der Waals surface area (Å²) in [7, 11) is 0. The van der Waals surface area contributed by atoms with E-state index < -0.39 is 12.6 Å². The van der Waals surface area contributed by atoms with Crippen molar-refractivity contribution in [1.29, 1.82) is 0 Å². The highest BCUT2D eigenvalue weighted by molar-refractivity contribution is 5.85. The molecule has 25 heavy (non-hydrogen) atoms. The van der Waals surface area contributed by atoms with E-state index in [0.717, 1.165) is 0 Å². The number of rotatable bonds is 8. The fourth-order valence-electron chi connectivity index (χ4n) is 2.10. The third-order valence-electron chi connectivity index (χ3n) is 3.36. The Kier molecular flexibility index (Phi) is 6.10. The summed E-state index contributed by atoms with van der Waals surface area (Å²) in [6.45, 7) is 1.28. The lowest BCUT2D eigenvalue weighted by molar-refractivity contribution is -0.139. The number of hydrogen-bond donors (Lipinski definition) is 4. The fraction of sp³-hybridized carbons (Fsp3) is 0.250. The third kappa shape index (κ3) is 5.34. The van der Waals surface area contributed by atoms with Crippen molar-refractivity contribution in [2.75, 3.05) is 6.61 Å². The van der Waals surface area contributed by atoms with Gasteiger partial charge in [0.2, 0.25) is 5.91 Å². The molecule has 2 aromatic rings. The molecule has 1 heterocycles. The lowest BCUT2D eigenvalue weighted by atomic mass is 10.1. The number of nitrogens with zero attached hydrogens (tertiary/aromatic N) is 1. The fourth-order valence-corrected chi connectivity index (χ4v) is 2.10. The molecule has 0 aliphatic carbocycles. The van der Waals surface area contributed by atoms with Crippen LogP contribution in [0.3, 0.4) is 0 Å². The number of nitrogens with one attached hydrogen (secondary N) is 3. The zero-order valence-corrected chi connectivity index (χ0v) is 13.5. The average molecular weight is 346 g/mol. The number of para-hydroxylation sites is 1. The molecular weight excluding hydrogens is 328 g/mol. The molecule has 4 N–H and O–H groups in total. The van der Waals surface area contributed by atoms with Crippen LogP contribution in [0.4, 0.5) is 0 Å². The minimum atomic E-state index is -1.09. The van der Waals surface area contributed by atoms with Gasteiger partial charge in [-0.15, -0.1) is 0 Å². The Morgan fingerprint density at radius 1 is 1.32 bits per heavy atom. The predicted octanol–water partition coefficient (Wildman–Crippen LogP) is 0.558. The van der Waals surface area contributed by atoms with E-state index in [9.17, 15) is 14.4 Å². The van der Waals surface area contributed by atoms with Crippen molar-refractivity contribution in [2.45, 2.75) is 19.8 Å². The first-order valence-electron chi connectivity index (χ1n) is 7.49. The molecule has 0 aliphatic rings. The number of aromatic nitrogens is 2. The monoisotopic (exact) mass is 346 g/mol. The van der Waals surface area contributed by atoms with Crippen LogP contribution in [0, 0.1) is 6.92 Å². The molecular formula is C16H18N4O5. The third-order valence-corrected chi connectivity index (χ3v) is 3.36. The number of H-pyrrole nitrogens is 2. The Bertz CT molecular complexity index is 837. The number of aliphatic carboxylic acids is 1. The number of amides is 1. The summed E-state index contributed by atoms with van der Waals surface area (Å²) in [5.41, 5.74) is 3.89. The van der Waals surface area contributed by atoms with Crippen LogP contribution in [-0.4, -0.2) is 40.0 Å². The number of carbonyl (C=O) groups excluding carboxylic acids is 1. The number of carboxylic acid groups (broad SMARTS) is 1. The summed E-state index contributed by atoms with van der Waals surface area (Å²) in [5.74, 6) is -1.09. The predicted molar refractivity (Wildman–Crippen MR) is 89.8 cm³/mol. The number of hydrazone groups is 1. The molecule has 2 rings (SSSR count). The molecule has 1 amide bonds. The minimum absolute atomic E-state index is 0.107. The first-order valence-corrected chi connectivity index (χ1v) is 7.49. The lowest BCUT2D eigenvalue weighted by Crippen LogP contribution is -2.19. The van der Waals surface area contributed by atoms with Crippen molar-refractivity contribution in [3.05, 3.63) is 51.4 Å². The Morgan fingerprint density at radius 2 is 2.08 bits per heavy atom. The molecule has 0 aliphatic heterocycles. The van der Waals surface area contributed by atoms with Crippen LogP contribution >= 0.6 is 0 Å². The topological polar surface area (TPSA) is 137 Å². The minimum Gasteiger partial charge on any atom is -0.481 e. The average Bonchev–Trinajstić information content (AvgIpc) is 2.90. The van der Waals surface area contributed by atoms with E-state index in [1.807, 2.05) is 0 Å². The summed E-state index contributed by atoms with van der Waals surface area (Å²) >= 11 is 0. The van der Waals surface area contributed by atoms with Gasteiger partial charge in [-0.05, 0) is 25.5 Å². The van der Waals surface area contributed by atoms with E-state index in [2.05, 4.69) is 20.7 Å². The normalized spacial score (nSPS) is 10.8. The highest BCUT2D eigenvalue weighted by Crippen LogP contribution is 2.15. The molecule has 0 saturated heterocycles. The molecule has 9 nitrogen and oxygen atoms in total. The molecule has 0 unspecified atom stereocenters. The van der Waals surface area contributed by atoms with Gasteiger partial charge in [0.25, 0.3) is 5.56 Å². The van der Waals surface area contributed by atoms with Gasteiger partial charge in [0, 0.05) is 23.2 Å². The van der Waals surface area contributed by atoms with E-state index in [0.29, 0.717) is 29.0 Å². The van der Waals surface area contributed by atoms with Gasteiger partial charge in [0.05, 0.1) is 6.21 Å². The number of aromatic amines is 2. The number of aryl methyl sites for hydroxylation is 1. The summed E-state index contributed by atoms with van der Waals surface area (Å²) < 4.78 is 5.13. The summed E-state index contributed by atoms with van der Waals surface area (Å²) in [5, 5.41) is 17.6. The second-order valence-corrected chi connectivity index (χ2v) is 5.20. The van der Waals surface area contributed by atoms with Gasteiger partial charge in [-0.3, -0.25) is 14.7 Å². The van der Waals surface area contributed by atoms with Gasteiger partial charge in [-0.1, -0.05) is 12.1 Å². The van der Waals surface area contributed by atoms with Crippen molar-refractivity contribution in [1.82, 2.24) is 15.6 Å².